The van der Waals surface area contributed by atoms with Crippen molar-refractivity contribution in [1.29, 1.82) is 0 Å². The van der Waals surface area contributed by atoms with E-state index < -0.39 is 33.8 Å². The molecule has 0 aliphatic rings. The molecule has 0 atom stereocenters. The van der Waals surface area contributed by atoms with Crippen LogP contribution in [0.3, 0.4) is 0 Å². The third-order valence-corrected chi connectivity index (χ3v) is 4.31. The van der Waals surface area contributed by atoms with E-state index >= 15 is 0 Å². The predicted molar refractivity (Wildman–Crippen MR) is 87.6 cm³/mol. The number of halogens is 3. The quantitative estimate of drug-likeness (QED) is 0.763. The first-order chi connectivity index (χ1) is 12.5. The van der Waals surface area contributed by atoms with E-state index in [-0.39, 0.29) is 16.0 Å². The van der Waals surface area contributed by atoms with Gasteiger partial charge in [-0.15, -0.1) is 13.2 Å². The first-order valence-corrected chi connectivity index (χ1v) is 9.11. The lowest BCUT2D eigenvalue weighted by Crippen LogP contribution is -2.41. The Balaban J connectivity index is 1.95. The Morgan fingerprint density at radius 1 is 0.852 bits per heavy atom. The van der Waals surface area contributed by atoms with Crippen molar-refractivity contribution in [3.63, 3.8) is 0 Å². The Bertz CT molecular complexity index is 940. The summed E-state index contributed by atoms with van der Waals surface area (Å²) in [6.45, 7) is 0. The highest BCUT2D eigenvalue weighted by Gasteiger charge is 2.31. The molecule has 2 amide bonds. The van der Waals surface area contributed by atoms with Crippen molar-refractivity contribution in [1.82, 2.24) is 10.9 Å². The smallest absolute Gasteiger partial charge is 0.406 e. The molecular formula is C16H13F3N2O5S. The molecule has 2 N–H and O–H groups in total. The van der Waals surface area contributed by atoms with Gasteiger partial charge in [-0.3, -0.25) is 20.4 Å². The Hall–Kier alpha value is -3.08. The van der Waals surface area contributed by atoms with Gasteiger partial charge < -0.3 is 4.74 Å². The minimum Gasteiger partial charge on any atom is -0.406 e. The molecule has 0 saturated heterocycles. The van der Waals surface area contributed by atoms with E-state index in [2.05, 4.69) is 15.6 Å². The van der Waals surface area contributed by atoms with Gasteiger partial charge in [0, 0.05) is 17.4 Å². The van der Waals surface area contributed by atoms with Crippen LogP contribution in [0.15, 0.2) is 53.4 Å². The highest BCUT2D eigenvalue weighted by atomic mass is 32.2. The third-order valence-electron chi connectivity index (χ3n) is 3.18. The van der Waals surface area contributed by atoms with Crippen LogP contribution in [-0.2, 0) is 9.84 Å². The van der Waals surface area contributed by atoms with Crippen LogP contribution in [0, 0.1) is 0 Å². The van der Waals surface area contributed by atoms with Gasteiger partial charge in [0.1, 0.15) is 5.75 Å². The number of rotatable bonds is 4. The van der Waals surface area contributed by atoms with Crippen molar-refractivity contribution in [2.24, 2.45) is 0 Å². The summed E-state index contributed by atoms with van der Waals surface area (Å²) in [6.07, 6.45) is -3.82. The SMILES string of the molecule is CS(=O)(=O)c1ccc(C(=O)NNC(=O)c2ccc(OC(F)(F)F)cc2)cc1. The third kappa shape index (κ3) is 5.99. The van der Waals surface area contributed by atoms with Crippen molar-refractivity contribution in [3.8, 4) is 5.75 Å². The number of sulfone groups is 1. The Morgan fingerprint density at radius 2 is 1.26 bits per heavy atom. The van der Waals surface area contributed by atoms with Gasteiger partial charge in [-0.05, 0) is 48.5 Å². The van der Waals surface area contributed by atoms with E-state index in [9.17, 15) is 31.2 Å². The lowest BCUT2D eigenvalue weighted by atomic mass is 10.2. The molecule has 2 aromatic carbocycles. The minimum absolute atomic E-state index is 0.0164. The number of benzene rings is 2. The molecule has 2 aromatic rings. The second-order valence-electron chi connectivity index (χ2n) is 5.28. The molecule has 0 spiro atoms. The Kier molecular flexibility index (Phi) is 5.74. The number of hydrogen-bond donors (Lipinski definition) is 2. The van der Waals surface area contributed by atoms with Gasteiger partial charge in [0.25, 0.3) is 11.8 Å². The first kappa shape index (κ1) is 20.2. The molecule has 7 nitrogen and oxygen atoms in total. The van der Waals surface area contributed by atoms with Crippen LogP contribution >= 0.6 is 0 Å². The van der Waals surface area contributed by atoms with Crippen molar-refractivity contribution in [2.75, 3.05) is 6.26 Å². The fourth-order valence-electron chi connectivity index (χ4n) is 1.92. The van der Waals surface area contributed by atoms with Gasteiger partial charge in [0.2, 0.25) is 0 Å². The van der Waals surface area contributed by atoms with Crippen molar-refractivity contribution in [3.05, 3.63) is 59.7 Å². The van der Waals surface area contributed by atoms with Gasteiger partial charge in [0.15, 0.2) is 9.84 Å². The monoisotopic (exact) mass is 402 g/mol. The molecule has 0 bridgehead atoms. The number of amides is 2. The lowest BCUT2D eigenvalue weighted by molar-refractivity contribution is -0.274. The van der Waals surface area contributed by atoms with Crippen molar-refractivity contribution >= 4 is 21.7 Å². The fourth-order valence-corrected chi connectivity index (χ4v) is 2.55. The molecule has 0 saturated carbocycles. The van der Waals surface area contributed by atoms with Crippen LogP contribution in [0.25, 0.3) is 0 Å². The van der Waals surface area contributed by atoms with E-state index in [0.29, 0.717) is 0 Å². The van der Waals surface area contributed by atoms with E-state index in [1.807, 2.05) is 0 Å². The zero-order valence-corrected chi connectivity index (χ0v) is 14.5. The summed E-state index contributed by atoms with van der Waals surface area (Å²) in [4.78, 5) is 23.9. The van der Waals surface area contributed by atoms with Gasteiger partial charge >= 0.3 is 6.36 Å². The topological polar surface area (TPSA) is 102 Å². The molecule has 0 aromatic heterocycles. The van der Waals surface area contributed by atoms with Crippen LogP contribution < -0.4 is 15.6 Å². The largest absolute Gasteiger partial charge is 0.573 e. The molecule has 11 heteroatoms. The van der Waals surface area contributed by atoms with Crippen LogP contribution in [-0.4, -0.2) is 32.9 Å². The lowest BCUT2D eigenvalue weighted by Gasteiger charge is -2.10. The number of carbonyl (C=O) groups is 2. The van der Waals surface area contributed by atoms with E-state index in [1.165, 1.54) is 24.3 Å². The summed E-state index contributed by atoms with van der Waals surface area (Å²) in [6, 6.07) is 9.09. The normalized spacial score (nSPS) is 11.6. The number of ether oxygens (including phenoxy) is 1. The van der Waals surface area contributed by atoms with Crippen molar-refractivity contribution < 1.29 is 35.9 Å². The van der Waals surface area contributed by atoms with Gasteiger partial charge in [0.05, 0.1) is 4.90 Å². The van der Waals surface area contributed by atoms with Crippen LogP contribution in [0.5, 0.6) is 5.75 Å². The molecule has 144 valence electrons. The number of nitrogens with one attached hydrogen (secondary N) is 2. The first-order valence-electron chi connectivity index (χ1n) is 7.22. The summed E-state index contributed by atoms with van der Waals surface area (Å²) in [5, 5.41) is 0. The molecule has 0 aliphatic heterocycles. The molecule has 27 heavy (non-hydrogen) atoms. The number of alkyl halides is 3. The average molecular weight is 402 g/mol. The van der Waals surface area contributed by atoms with Crippen LogP contribution in [0.4, 0.5) is 13.2 Å². The standard InChI is InChI=1S/C16H13F3N2O5S/c1-27(24,25)13-8-4-11(5-9-13)15(23)21-20-14(22)10-2-6-12(7-3-10)26-16(17,18)19/h2-9H,1H3,(H,20,22)(H,21,23). The maximum atomic E-state index is 12.1. The second kappa shape index (κ2) is 7.66. The summed E-state index contributed by atoms with van der Waals surface area (Å²) in [7, 11) is -3.40. The molecule has 0 unspecified atom stereocenters. The highest BCUT2D eigenvalue weighted by molar-refractivity contribution is 7.90. The molecule has 0 radical (unpaired) electrons. The van der Waals surface area contributed by atoms with Gasteiger partial charge in [-0.1, -0.05) is 0 Å². The number of carbonyl (C=O) groups excluding carboxylic acids is 2. The van der Waals surface area contributed by atoms with E-state index in [4.69, 9.17) is 0 Å². The number of hydrazine groups is 1. The molecule has 0 aliphatic carbocycles. The zero-order valence-electron chi connectivity index (χ0n) is 13.7. The molecule has 2 rings (SSSR count). The molecule has 0 heterocycles. The van der Waals surface area contributed by atoms with E-state index in [0.717, 1.165) is 30.5 Å². The van der Waals surface area contributed by atoms with Crippen LogP contribution in [0.1, 0.15) is 20.7 Å². The Morgan fingerprint density at radius 3 is 1.63 bits per heavy atom. The summed E-state index contributed by atoms with van der Waals surface area (Å²) >= 11 is 0. The summed E-state index contributed by atoms with van der Waals surface area (Å²) in [5.74, 6) is -1.97. The van der Waals surface area contributed by atoms with Gasteiger partial charge in [-0.2, -0.15) is 0 Å². The minimum atomic E-state index is -4.84. The second-order valence-corrected chi connectivity index (χ2v) is 7.29. The molecule has 0 fully saturated rings. The zero-order chi connectivity index (χ0) is 20.2. The maximum Gasteiger partial charge on any atom is 0.573 e. The average Bonchev–Trinajstić information content (AvgIpc) is 2.58. The Labute approximate surface area is 152 Å². The molecular weight excluding hydrogens is 389 g/mol. The summed E-state index contributed by atoms with van der Waals surface area (Å²) in [5.41, 5.74) is 4.28. The van der Waals surface area contributed by atoms with E-state index in [1.54, 1.807) is 0 Å². The maximum absolute atomic E-state index is 12.1. The van der Waals surface area contributed by atoms with Gasteiger partial charge in [-0.25, -0.2) is 8.42 Å². The van der Waals surface area contributed by atoms with Crippen molar-refractivity contribution in [2.45, 2.75) is 11.3 Å². The number of hydrogen-bond acceptors (Lipinski definition) is 5. The fraction of sp³-hybridized carbons (Fsp3) is 0.125. The highest BCUT2D eigenvalue weighted by Crippen LogP contribution is 2.22. The summed E-state index contributed by atoms with van der Waals surface area (Å²) < 4.78 is 62.6. The predicted octanol–water partition coefficient (Wildman–Crippen LogP) is 2.06. The van der Waals surface area contributed by atoms with Crippen LogP contribution in [0.2, 0.25) is 0 Å².